The van der Waals surface area contributed by atoms with Crippen molar-refractivity contribution in [3.05, 3.63) is 71.4 Å². The highest BCUT2D eigenvalue weighted by atomic mass is 16.5. The van der Waals surface area contributed by atoms with E-state index in [0.717, 1.165) is 22.9 Å². The molecule has 112 valence electrons. The van der Waals surface area contributed by atoms with Crippen molar-refractivity contribution in [3.8, 4) is 22.9 Å². The van der Waals surface area contributed by atoms with Gasteiger partial charge < -0.3 is 9.47 Å². The maximum Gasteiger partial charge on any atom is 0.337 e. The van der Waals surface area contributed by atoms with Crippen molar-refractivity contribution in [1.82, 2.24) is 9.13 Å². The molecule has 0 unspecified atom stereocenters. The third-order valence-electron chi connectivity index (χ3n) is 3.48. The molecule has 0 aliphatic rings. The predicted octanol–water partition coefficient (Wildman–Crippen LogP) is 2.65. The van der Waals surface area contributed by atoms with Crippen LogP contribution in [0, 0.1) is 0 Å². The third kappa shape index (κ3) is 2.48. The molecule has 0 radical (unpaired) electrons. The lowest BCUT2D eigenvalue weighted by Crippen LogP contribution is -2.21. The molecular formula is C17H16N2O3. The molecule has 22 heavy (non-hydrogen) atoms. The lowest BCUT2D eigenvalue weighted by Gasteiger charge is -2.05. The molecule has 3 rings (SSSR count). The molecule has 0 spiro atoms. The fraction of sp³-hybridized carbons (Fsp3) is 0.118. The summed E-state index contributed by atoms with van der Waals surface area (Å²) < 4.78 is 13.4. The number of rotatable bonds is 4. The number of hydrogen-bond donors (Lipinski definition) is 0. The highest BCUT2D eigenvalue weighted by molar-refractivity contribution is 5.40. The smallest absolute Gasteiger partial charge is 0.337 e. The van der Waals surface area contributed by atoms with Crippen LogP contribution >= 0.6 is 0 Å². The van der Waals surface area contributed by atoms with Crippen molar-refractivity contribution >= 4 is 0 Å². The Morgan fingerprint density at radius 2 is 1.05 bits per heavy atom. The zero-order chi connectivity index (χ0) is 15.5. The SMILES string of the molecule is COc1ccc(-n2ccn(-c3ccc(OC)cc3)c2=O)cc1. The number of hydrogen-bond acceptors (Lipinski definition) is 3. The second-order valence-corrected chi connectivity index (χ2v) is 4.72. The summed E-state index contributed by atoms with van der Waals surface area (Å²) in [6, 6.07) is 14.7. The van der Waals surface area contributed by atoms with Gasteiger partial charge in [-0.05, 0) is 48.5 Å². The zero-order valence-corrected chi connectivity index (χ0v) is 12.4. The Morgan fingerprint density at radius 3 is 1.36 bits per heavy atom. The van der Waals surface area contributed by atoms with Crippen LogP contribution in [0.15, 0.2) is 65.7 Å². The molecule has 5 nitrogen and oxygen atoms in total. The van der Waals surface area contributed by atoms with Gasteiger partial charge in [0.2, 0.25) is 0 Å². The highest BCUT2D eigenvalue weighted by Gasteiger charge is 2.07. The van der Waals surface area contributed by atoms with Crippen molar-refractivity contribution < 1.29 is 9.47 Å². The van der Waals surface area contributed by atoms with Gasteiger partial charge in [-0.2, -0.15) is 0 Å². The zero-order valence-electron chi connectivity index (χ0n) is 12.4. The number of nitrogens with zero attached hydrogens (tertiary/aromatic N) is 2. The number of benzene rings is 2. The summed E-state index contributed by atoms with van der Waals surface area (Å²) in [7, 11) is 3.22. The van der Waals surface area contributed by atoms with Gasteiger partial charge in [0.25, 0.3) is 0 Å². The Labute approximate surface area is 128 Å². The van der Waals surface area contributed by atoms with E-state index in [-0.39, 0.29) is 5.69 Å². The molecular weight excluding hydrogens is 280 g/mol. The minimum absolute atomic E-state index is 0.129. The van der Waals surface area contributed by atoms with Crippen LogP contribution in [0.4, 0.5) is 0 Å². The molecule has 0 atom stereocenters. The van der Waals surface area contributed by atoms with Crippen molar-refractivity contribution in [2.45, 2.75) is 0 Å². The van der Waals surface area contributed by atoms with Crippen molar-refractivity contribution in [1.29, 1.82) is 0 Å². The van der Waals surface area contributed by atoms with Gasteiger partial charge in [0.15, 0.2) is 0 Å². The molecule has 5 heteroatoms. The van der Waals surface area contributed by atoms with Crippen LogP contribution < -0.4 is 15.2 Å². The van der Waals surface area contributed by atoms with E-state index < -0.39 is 0 Å². The molecule has 1 heterocycles. The lowest BCUT2D eigenvalue weighted by atomic mass is 10.3. The van der Waals surface area contributed by atoms with Crippen LogP contribution in [0.5, 0.6) is 11.5 Å². The first-order valence-electron chi connectivity index (χ1n) is 6.82. The quantitative estimate of drug-likeness (QED) is 0.743. The van der Waals surface area contributed by atoms with Crippen molar-refractivity contribution in [2.24, 2.45) is 0 Å². The van der Waals surface area contributed by atoms with Crippen LogP contribution in [0.2, 0.25) is 0 Å². The molecule has 3 aromatic rings. The summed E-state index contributed by atoms with van der Waals surface area (Å²) in [6.07, 6.45) is 3.49. The van der Waals surface area contributed by atoms with E-state index in [9.17, 15) is 4.79 Å². The summed E-state index contributed by atoms with van der Waals surface area (Å²) in [5.74, 6) is 1.51. The topological polar surface area (TPSA) is 45.4 Å². The molecule has 0 saturated heterocycles. The van der Waals surface area contributed by atoms with Crippen molar-refractivity contribution in [3.63, 3.8) is 0 Å². The minimum atomic E-state index is -0.129. The standard InChI is InChI=1S/C17H16N2O3/c1-21-15-7-3-13(4-8-15)18-11-12-19(17(18)20)14-5-9-16(22-2)10-6-14/h3-12H,1-2H3. The van der Waals surface area contributed by atoms with Gasteiger partial charge >= 0.3 is 5.69 Å². The average Bonchev–Trinajstić information content (AvgIpc) is 2.96. The van der Waals surface area contributed by atoms with Gasteiger partial charge in [0.05, 0.1) is 25.6 Å². The first-order valence-corrected chi connectivity index (χ1v) is 6.82. The van der Waals surface area contributed by atoms with Crippen LogP contribution in [0.3, 0.4) is 0 Å². The molecule has 0 aliphatic heterocycles. The van der Waals surface area contributed by atoms with E-state index in [2.05, 4.69) is 0 Å². The van der Waals surface area contributed by atoms with E-state index in [1.54, 1.807) is 35.7 Å². The van der Waals surface area contributed by atoms with Crippen molar-refractivity contribution in [2.75, 3.05) is 14.2 Å². The summed E-state index contributed by atoms with van der Waals surface area (Å²) in [6.45, 7) is 0. The Kier molecular flexibility index (Phi) is 3.70. The van der Waals surface area contributed by atoms with E-state index in [0.29, 0.717) is 0 Å². The summed E-state index contributed by atoms with van der Waals surface area (Å²) in [5.41, 5.74) is 1.45. The molecule has 0 aliphatic carbocycles. The van der Waals surface area contributed by atoms with Crippen LogP contribution in [0.25, 0.3) is 11.4 Å². The average molecular weight is 296 g/mol. The lowest BCUT2D eigenvalue weighted by molar-refractivity contribution is 0.414. The Hall–Kier alpha value is -2.95. The van der Waals surface area contributed by atoms with Gasteiger partial charge in [-0.25, -0.2) is 4.79 Å². The molecule has 0 fully saturated rings. The number of imidazole rings is 1. The largest absolute Gasteiger partial charge is 0.497 e. The predicted molar refractivity (Wildman–Crippen MR) is 84.5 cm³/mol. The molecule has 0 amide bonds. The molecule has 0 saturated carbocycles. The first kappa shape index (κ1) is 14.0. The Morgan fingerprint density at radius 1 is 0.682 bits per heavy atom. The fourth-order valence-corrected chi connectivity index (χ4v) is 2.26. The first-order chi connectivity index (χ1) is 10.7. The maximum absolute atomic E-state index is 12.5. The monoisotopic (exact) mass is 296 g/mol. The van der Waals surface area contributed by atoms with E-state index in [1.165, 1.54) is 0 Å². The van der Waals surface area contributed by atoms with Crippen LogP contribution in [-0.2, 0) is 0 Å². The second-order valence-electron chi connectivity index (χ2n) is 4.72. The second kappa shape index (κ2) is 5.81. The van der Waals surface area contributed by atoms with Gasteiger partial charge in [0, 0.05) is 12.4 Å². The summed E-state index contributed by atoms with van der Waals surface area (Å²) >= 11 is 0. The van der Waals surface area contributed by atoms with E-state index >= 15 is 0 Å². The number of methoxy groups -OCH3 is 2. The van der Waals surface area contributed by atoms with Gasteiger partial charge in [0.1, 0.15) is 11.5 Å². The summed E-state index contributed by atoms with van der Waals surface area (Å²) in [4.78, 5) is 12.5. The van der Waals surface area contributed by atoms with Gasteiger partial charge in [-0.15, -0.1) is 0 Å². The number of aromatic nitrogens is 2. The fourth-order valence-electron chi connectivity index (χ4n) is 2.26. The highest BCUT2D eigenvalue weighted by Crippen LogP contribution is 2.16. The van der Waals surface area contributed by atoms with Gasteiger partial charge in [-0.3, -0.25) is 9.13 Å². The maximum atomic E-state index is 12.5. The minimum Gasteiger partial charge on any atom is -0.497 e. The van der Waals surface area contributed by atoms with Crippen LogP contribution in [-0.4, -0.2) is 23.4 Å². The molecule has 2 aromatic carbocycles. The van der Waals surface area contributed by atoms with Gasteiger partial charge in [-0.1, -0.05) is 0 Å². The molecule has 0 N–H and O–H groups in total. The summed E-state index contributed by atoms with van der Waals surface area (Å²) in [5, 5.41) is 0. The van der Waals surface area contributed by atoms with Crippen LogP contribution in [0.1, 0.15) is 0 Å². The third-order valence-corrected chi connectivity index (χ3v) is 3.48. The Balaban J connectivity index is 1.98. The normalized spacial score (nSPS) is 10.5. The van der Waals surface area contributed by atoms with E-state index in [1.807, 2.05) is 48.5 Å². The Bertz CT molecular complexity index is 746. The van der Waals surface area contributed by atoms with E-state index in [4.69, 9.17) is 9.47 Å². The molecule has 0 bridgehead atoms. The molecule has 1 aromatic heterocycles. The number of ether oxygens (including phenoxy) is 2.